The van der Waals surface area contributed by atoms with Crippen molar-refractivity contribution in [2.24, 2.45) is 0 Å². The molecule has 0 bridgehead atoms. The molecule has 6 N–H and O–H groups in total. The SMILES string of the molecule is CCc1ccc2c(P(C)(C)=O)c(Nc3nc(Nc4cc(CC)c(N5CCC(NCCNCCc6cccc7c6n(C6CC6)c(=O)n7C6CCC(=O)NC6O)CC5)cc4OC)ncc3Br)ccc2n1. The fourth-order valence-corrected chi connectivity index (χ4v) is 11.7. The number of hydrogen-bond donors (Lipinski definition) is 6. The number of anilines is 5. The zero-order valence-corrected chi connectivity index (χ0v) is 42.1. The molecule has 3 aliphatic rings. The highest BCUT2D eigenvalue weighted by molar-refractivity contribution is 9.10. The number of pyridine rings is 1. The lowest BCUT2D eigenvalue weighted by atomic mass is 10.0. The van der Waals surface area contributed by atoms with Crippen molar-refractivity contribution < 1.29 is 19.2 Å². The molecule has 0 radical (unpaired) electrons. The van der Waals surface area contributed by atoms with Crippen molar-refractivity contribution in [3.05, 3.63) is 92.6 Å². The Hall–Kier alpha value is -5.32. The van der Waals surface area contributed by atoms with Gasteiger partial charge >= 0.3 is 5.69 Å². The van der Waals surface area contributed by atoms with Gasteiger partial charge in [-0.15, -0.1) is 0 Å². The summed E-state index contributed by atoms with van der Waals surface area (Å²) in [7, 11) is -1.06. The summed E-state index contributed by atoms with van der Waals surface area (Å²) in [5.41, 5.74) is 8.44. The van der Waals surface area contributed by atoms with Crippen molar-refractivity contribution in [3.8, 4) is 5.75 Å². The summed E-state index contributed by atoms with van der Waals surface area (Å²) in [6.07, 6.45) is 7.74. The van der Waals surface area contributed by atoms with Crippen LogP contribution in [0.2, 0.25) is 0 Å². The van der Waals surface area contributed by atoms with Gasteiger partial charge in [0.2, 0.25) is 11.9 Å². The van der Waals surface area contributed by atoms with E-state index < -0.39 is 19.4 Å². The lowest BCUT2D eigenvalue weighted by molar-refractivity contribution is -0.128. The topological polar surface area (TPSA) is 193 Å². The second-order valence-corrected chi connectivity index (χ2v) is 22.6. The van der Waals surface area contributed by atoms with E-state index in [4.69, 9.17) is 14.7 Å². The molecule has 1 amide bonds. The predicted molar refractivity (Wildman–Crippen MR) is 276 cm³/mol. The predicted octanol–water partition coefficient (Wildman–Crippen LogP) is 7.27. The molecule has 3 aromatic heterocycles. The number of aliphatic hydroxyl groups excluding tert-OH is 1. The van der Waals surface area contributed by atoms with Gasteiger partial charge < -0.3 is 45.9 Å². The largest absolute Gasteiger partial charge is 0.494 e. The van der Waals surface area contributed by atoms with Crippen LogP contribution in [0.4, 0.5) is 28.8 Å². The van der Waals surface area contributed by atoms with Crippen LogP contribution >= 0.6 is 23.1 Å². The van der Waals surface area contributed by atoms with Gasteiger partial charge in [0.1, 0.15) is 24.9 Å². The summed E-state index contributed by atoms with van der Waals surface area (Å²) >= 11 is 3.63. The van der Waals surface area contributed by atoms with Gasteiger partial charge in [-0.2, -0.15) is 4.98 Å². The molecular weight excluding hydrogens is 945 g/mol. The number of aliphatic hydroxyl groups is 1. The number of benzene rings is 3. The molecule has 18 heteroatoms. The maximum atomic E-state index is 13.8. The van der Waals surface area contributed by atoms with Crippen molar-refractivity contribution in [2.45, 2.75) is 96.0 Å². The van der Waals surface area contributed by atoms with Crippen molar-refractivity contribution in [1.29, 1.82) is 0 Å². The van der Waals surface area contributed by atoms with Gasteiger partial charge in [-0.25, -0.2) is 9.78 Å². The first kappa shape index (κ1) is 47.7. The fraction of sp³-hybridized carbons (Fsp3) is 0.460. The molecular formula is C50H63BrN11O5P. The number of hydrogen-bond acceptors (Lipinski definition) is 13. The van der Waals surface area contributed by atoms with Crippen LogP contribution in [-0.4, -0.2) is 101 Å². The van der Waals surface area contributed by atoms with E-state index in [2.05, 4.69) is 84.4 Å². The van der Waals surface area contributed by atoms with E-state index in [1.807, 2.05) is 41.0 Å². The molecule has 0 spiro atoms. The minimum Gasteiger partial charge on any atom is -0.494 e. The average molecular weight is 1010 g/mol. The van der Waals surface area contributed by atoms with E-state index in [0.29, 0.717) is 40.1 Å². The van der Waals surface area contributed by atoms with Crippen LogP contribution in [0.25, 0.3) is 21.9 Å². The third-order valence-corrected chi connectivity index (χ3v) is 15.7. The first-order valence-corrected chi connectivity index (χ1v) is 27.4. The first-order valence-electron chi connectivity index (χ1n) is 24.0. The Balaban J connectivity index is 0.797. The number of amides is 1. The first-order chi connectivity index (χ1) is 32.8. The molecule has 2 aliphatic heterocycles. The van der Waals surface area contributed by atoms with Gasteiger partial charge in [0.05, 0.1) is 45.5 Å². The second kappa shape index (κ2) is 20.3. The smallest absolute Gasteiger partial charge is 0.329 e. The zero-order valence-electron chi connectivity index (χ0n) is 39.6. The molecule has 6 aromatic rings. The number of carbonyl (C=O) groups is 1. The normalized spacial score (nSPS) is 18.0. The van der Waals surface area contributed by atoms with E-state index in [0.717, 1.165) is 122 Å². The number of nitrogens with zero attached hydrogens (tertiary/aromatic N) is 6. The number of fused-ring (bicyclic) bond motifs is 2. The number of halogens is 1. The molecule has 2 saturated heterocycles. The third-order valence-electron chi connectivity index (χ3n) is 13.6. The van der Waals surface area contributed by atoms with E-state index in [-0.39, 0.29) is 24.1 Å². The molecule has 9 rings (SSSR count). The Kier molecular flexibility index (Phi) is 14.3. The van der Waals surface area contributed by atoms with Gasteiger partial charge in [0.25, 0.3) is 0 Å². The average Bonchev–Trinajstić information content (AvgIpc) is 4.12. The van der Waals surface area contributed by atoms with E-state index in [1.54, 1.807) is 31.2 Å². The summed E-state index contributed by atoms with van der Waals surface area (Å²) in [6.45, 7) is 12.1. The highest BCUT2D eigenvalue weighted by Gasteiger charge is 2.36. The Morgan fingerprint density at radius 2 is 1.71 bits per heavy atom. The van der Waals surface area contributed by atoms with Crippen LogP contribution in [0.5, 0.6) is 5.75 Å². The monoisotopic (exact) mass is 1010 g/mol. The Labute approximate surface area is 405 Å². The zero-order chi connectivity index (χ0) is 47.7. The number of rotatable bonds is 18. The maximum Gasteiger partial charge on any atom is 0.329 e. The molecule has 360 valence electrons. The molecule has 5 heterocycles. The highest BCUT2D eigenvalue weighted by Crippen LogP contribution is 2.43. The van der Waals surface area contributed by atoms with Crippen molar-refractivity contribution in [1.82, 2.24) is 40.0 Å². The highest BCUT2D eigenvalue weighted by atomic mass is 79.9. The molecule has 2 unspecified atom stereocenters. The lowest BCUT2D eigenvalue weighted by Crippen LogP contribution is -2.47. The van der Waals surface area contributed by atoms with Crippen LogP contribution < -0.4 is 47.2 Å². The molecule has 2 atom stereocenters. The Morgan fingerprint density at radius 1 is 0.897 bits per heavy atom. The van der Waals surface area contributed by atoms with Crippen LogP contribution in [0.15, 0.2) is 70.1 Å². The minimum atomic E-state index is -2.74. The molecule has 3 fully saturated rings. The molecule has 3 aromatic carbocycles. The quantitative estimate of drug-likeness (QED) is 0.0373. The number of imidazole rings is 1. The Morgan fingerprint density at radius 3 is 2.43 bits per heavy atom. The minimum absolute atomic E-state index is 0.100. The number of carbonyl (C=O) groups excluding carboxylic acids is 1. The molecule has 1 aliphatic carbocycles. The van der Waals surface area contributed by atoms with Crippen LogP contribution in [0.3, 0.4) is 0 Å². The van der Waals surface area contributed by atoms with Gasteiger partial charge in [-0.05, 0) is 129 Å². The van der Waals surface area contributed by atoms with Crippen LogP contribution in [0, 0.1) is 0 Å². The third kappa shape index (κ3) is 10.0. The van der Waals surface area contributed by atoms with E-state index in [1.165, 1.54) is 11.3 Å². The number of ether oxygens (including phenoxy) is 1. The van der Waals surface area contributed by atoms with E-state index in [9.17, 15) is 19.3 Å². The van der Waals surface area contributed by atoms with E-state index >= 15 is 0 Å². The fourth-order valence-electron chi connectivity index (χ4n) is 9.97. The summed E-state index contributed by atoms with van der Waals surface area (Å²) in [5.74, 6) is 1.43. The van der Waals surface area contributed by atoms with Gasteiger partial charge in [0.15, 0.2) is 0 Å². The van der Waals surface area contributed by atoms with Crippen molar-refractivity contribution in [2.75, 3.05) is 68.7 Å². The van der Waals surface area contributed by atoms with Gasteiger partial charge in [0, 0.05) is 79.0 Å². The molecule has 16 nitrogen and oxygen atoms in total. The number of methoxy groups -OCH3 is 1. The standard InChI is InChI=1S/C50H63BrN11O5P/c1-6-30-27-39(57-49-54-29-36(51)47(59-49)56-38-16-15-37-35(46(38)68(4,5)66)14-11-32(7-2)55-37)43(67-3)28-42(30)60-25-20-33(21-26-60)53-24-23-52-22-19-31-9-8-10-40-45(31)61(34-12-13-34)50(65)62(40)41-17-18-44(63)58-48(41)64/h8-11,14-16,27-29,33-34,41,48,52-53,64H,6-7,12-13,17-26H2,1-5H3,(H,58,63)(H2,54,56,57,59). The summed E-state index contributed by atoms with van der Waals surface area (Å²) in [4.78, 5) is 42.4. The molecule has 1 saturated carbocycles. The van der Waals surface area contributed by atoms with Crippen LogP contribution in [-0.2, 0) is 28.6 Å². The van der Waals surface area contributed by atoms with Crippen molar-refractivity contribution in [3.63, 3.8) is 0 Å². The number of piperidine rings is 2. The summed E-state index contributed by atoms with van der Waals surface area (Å²) in [5, 5.41) is 29.2. The van der Waals surface area contributed by atoms with Crippen molar-refractivity contribution >= 4 is 85.0 Å². The Bertz CT molecular complexity index is 2940. The van der Waals surface area contributed by atoms with Gasteiger partial charge in [-0.1, -0.05) is 32.0 Å². The van der Waals surface area contributed by atoms with Crippen LogP contribution in [0.1, 0.15) is 81.3 Å². The second-order valence-electron chi connectivity index (χ2n) is 18.6. The lowest BCUT2D eigenvalue weighted by Gasteiger charge is -2.35. The number of aryl methyl sites for hydroxylation is 2. The summed E-state index contributed by atoms with van der Waals surface area (Å²) in [6, 6.07) is 18.3. The number of aromatic nitrogens is 5. The number of para-hydroxylation sites is 1. The molecule has 68 heavy (non-hydrogen) atoms. The van der Waals surface area contributed by atoms with Gasteiger partial charge in [-0.3, -0.25) is 18.9 Å². The summed E-state index contributed by atoms with van der Waals surface area (Å²) < 4.78 is 24.0. The number of nitrogens with one attached hydrogen (secondary N) is 5. The maximum absolute atomic E-state index is 13.8.